The van der Waals surface area contributed by atoms with Gasteiger partial charge in [0.1, 0.15) is 11.5 Å². The summed E-state index contributed by atoms with van der Waals surface area (Å²) < 4.78 is 15.1. The van der Waals surface area contributed by atoms with Crippen molar-refractivity contribution in [2.75, 3.05) is 20.3 Å². The molecule has 0 aliphatic heterocycles. The van der Waals surface area contributed by atoms with Crippen LogP contribution in [0.3, 0.4) is 0 Å². The molecule has 0 heterocycles. The number of benzene rings is 1. The van der Waals surface area contributed by atoms with E-state index in [0.717, 1.165) is 5.56 Å². The highest BCUT2D eigenvalue weighted by Gasteiger charge is 2.20. The van der Waals surface area contributed by atoms with E-state index in [-0.39, 0.29) is 12.0 Å². The molecule has 0 saturated heterocycles. The largest absolute Gasteiger partial charge is 0.482 e. The summed E-state index contributed by atoms with van der Waals surface area (Å²) in [5.74, 6) is -0.723. The van der Waals surface area contributed by atoms with Crippen LogP contribution in [0.5, 0.6) is 11.5 Å². The smallest absolute Gasteiger partial charge is 0.343 e. The first kappa shape index (κ1) is 16.8. The summed E-state index contributed by atoms with van der Waals surface area (Å²) in [6.07, 6.45) is 0. The summed E-state index contributed by atoms with van der Waals surface area (Å²) >= 11 is 0. The molecule has 0 aliphatic rings. The molecule has 0 saturated carbocycles. The van der Waals surface area contributed by atoms with E-state index in [1.54, 1.807) is 18.2 Å². The van der Waals surface area contributed by atoms with Gasteiger partial charge in [0.2, 0.25) is 0 Å². The van der Waals surface area contributed by atoms with Crippen molar-refractivity contribution in [2.24, 2.45) is 0 Å². The van der Waals surface area contributed by atoms with Crippen LogP contribution >= 0.6 is 0 Å². The molecule has 0 aromatic heterocycles. The number of methoxy groups -OCH3 is 1. The molecule has 0 radical (unpaired) electrons. The molecule has 1 aromatic rings. The van der Waals surface area contributed by atoms with Gasteiger partial charge in [-0.2, -0.15) is 0 Å². The third kappa shape index (κ3) is 5.33. The van der Waals surface area contributed by atoms with Gasteiger partial charge in [-0.3, -0.25) is 0 Å². The lowest BCUT2D eigenvalue weighted by Crippen LogP contribution is -2.18. The third-order valence-corrected chi connectivity index (χ3v) is 2.70. The molecule has 0 unspecified atom stereocenters. The predicted molar refractivity (Wildman–Crippen MR) is 75.8 cm³/mol. The Morgan fingerprint density at radius 2 is 1.81 bits per heavy atom. The molecule has 6 nitrogen and oxygen atoms in total. The maximum absolute atomic E-state index is 11.2. The van der Waals surface area contributed by atoms with Gasteiger partial charge in [-0.15, -0.1) is 0 Å². The fourth-order valence-corrected chi connectivity index (χ4v) is 1.67. The van der Waals surface area contributed by atoms with Crippen LogP contribution in [0.15, 0.2) is 18.2 Å². The number of carbonyl (C=O) groups is 2. The first-order valence-corrected chi connectivity index (χ1v) is 6.42. The van der Waals surface area contributed by atoms with Crippen LogP contribution in [-0.4, -0.2) is 37.4 Å². The Morgan fingerprint density at radius 1 is 1.14 bits per heavy atom. The van der Waals surface area contributed by atoms with Gasteiger partial charge in [0.25, 0.3) is 0 Å². The molecule has 0 amide bonds. The van der Waals surface area contributed by atoms with Gasteiger partial charge in [0.05, 0.1) is 7.11 Å². The monoisotopic (exact) mass is 296 g/mol. The number of carboxylic acid groups (broad SMARTS) is 1. The van der Waals surface area contributed by atoms with E-state index < -0.39 is 18.5 Å². The van der Waals surface area contributed by atoms with Crippen LogP contribution in [0, 0.1) is 0 Å². The normalized spacial score (nSPS) is 10.9. The lowest BCUT2D eigenvalue weighted by molar-refractivity contribution is -0.143. The first-order chi connectivity index (χ1) is 9.74. The lowest BCUT2D eigenvalue weighted by atomic mass is 9.86. The number of hydrogen-bond donors (Lipinski definition) is 1. The summed E-state index contributed by atoms with van der Waals surface area (Å²) in [7, 11) is 1.28. The van der Waals surface area contributed by atoms with E-state index in [1.807, 2.05) is 20.8 Å². The number of hydrogen-bond acceptors (Lipinski definition) is 5. The summed E-state index contributed by atoms with van der Waals surface area (Å²) in [6.45, 7) is 5.36. The number of rotatable bonds is 6. The molecule has 6 heteroatoms. The molecule has 116 valence electrons. The summed E-state index contributed by atoms with van der Waals surface area (Å²) in [4.78, 5) is 21.7. The molecule has 1 N–H and O–H groups in total. The Bertz CT molecular complexity index is 515. The second-order valence-electron chi connectivity index (χ2n) is 5.46. The van der Waals surface area contributed by atoms with E-state index >= 15 is 0 Å². The Morgan fingerprint density at radius 3 is 2.33 bits per heavy atom. The minimum absolute atomic E-state index is 0.198. The van der Waals surface area contributed by atoms with Crippen molar-refractivity contribution in [3.05, 3.63) is 23.8 Å². The highest BCUT2D eigenvalue weighted by atomic mass is 16.6. The number of esters is 1. The van der Waals surface area contributed by atoms with Gasteiger partial charge in [0.15, 0.2) is 13.2 Å². The summed E-state index contributed by atoms with van der Waals surface area (Å²) in [6, 6.07) is 5.05. The van der Waals surface area contributed by atoms with Gasteiger partial charge in [-0.05, 0) is 17.0 Å². The predicted octanol–water partition coefficient (Wildman–Crippen LogP) is 2.00. The standard InChI is InChI=1S/C15H20O6/c1-15(2,3)11-6-5-10(20-8-13(16)17)7-12(11)21-9-14(18)19-4/h5-7H,8-9H2,1-4H3,(H,16,17). The Kier molecular flexibility index (Phi) is 5.58. The van der Waals surface area contributed by atoms with E-state index in [4.69, 9.17) is 14.6 Å². The SMILES string of the molecule is COC(=O)COc1cc(OCC(=O)O)ccc1C(C)(C)C. The molecule has 0 bridgehead atoms. The first-order valence-electron chi connectivity index (χ1n) is 6.42. The van der Waals surface area contributed by atoms with Gasteiger partial charge < -0.3 is 19.3 Å². The fourth-order valence-electron chi connectivity index (χ4n) is 1.67. The Labute approximate surface area is 123 Å². The average Bonchev–Trinajstić information content (AvgIpc) is 2.41. The van der Waals surface area contributed by atoms with Crippen molar-refractivity contribution in [1.82, 2.24) is 0 Å². The van der Waals surface area contributed by atoms with Crippen molar-refractivity contribution in [2.45, 2.75) is 26.2 Å². The molecule has 1 rings (SSSR count). The molecular weight excluding hydrogens is 276 g/mol. The van der Waals surface area contributed by atoms with Gasteiger partial charge in [-0.25, -0.2) is 9.59 Å². The van der Waals surface area contributed by atoms with Crippen LogP contribution in [0.2, 0.25) is 0 Å². The molecule has 0 aliphatic carbocycles. The quantitative estimate of drug-likeness (QED) is 0.808. The second kappa shape index (κ2) is 6.97. The molecule has 0 fully saturated rings. The highest BCUT2D eigenvalue weighted by molar-refractivity contribution is 5.71. The minimum Gasteiger partial charge on any atom is -0.482 e. The van der Waals surface area contributed by atoms with Crippen LogP contribution in [0.4, 0.5) is 0 Å². The van der Waals surface area contributed by atoms with Crippen LogP contribution in [0.25, 0.3) is 0 Å². The third-order valence-electron chi connectivity index (χ3n) is 2.70. The number of carboxylic acids is 1. The van der Waals surface area contributed by atoms with Gasteiger partial charge in [-0.1, -0.05) is 26.8 Å². The molecular formula is C15H20O6. The maximum atomic E-state index is 11.2. The molecule has 0 atom stereocenters. The van der Waals surface area contributed by atoms with Crippen LogP contribution in [-0.2, 0) is 19.7 Å². The summed E-state index contributed by atoms with van der Waals surface area (Å²) in [5, 5.41) is 8.62. The minimum atomic E-state index is -1.06. The van der Waals surface area contributed by atoms with Crippen LogP contribution in [0.1, 0.15) is 26.3 Å². The van der Waals surface area contributed by atoms with Gasteiger partial charge in [0, 0.05) is 6.07 Å². The van der Waals surface area contributed by atoms with Crippen molar-refractivity contribution in [3.8, 4) is 11.5 Å². The Hall–Kier alpha value is -2.24. The lowest BCUT2D eigenvalue weighted by Gasteiger charge is -2.23. The highest BCUT2D eigenvalue weighted by Crippen LogP contribution is 2.34. The number of aliphatic carboxylic acids is 1. The van der Waals surface area contributed by atoms with Crippen molar-refractivity contribution in [3.63, 3.8) is 0 Å². The van der Waals surface area contributed by atoms with Crippen LogP contribution < -0.4 is 9.47 Å². The van der Waals surface area contributed by atoms with Crippen molar-refractivity contribution >= 4 is 11.9 Å². The zero-order valence-corrected chi connectivity index (χ0v) is 12.6. The fraction of sp³-hybridized carbons (Fsp3) is 0.467. The molecule has 0 spiro atoms. The molecule has 1 aromatic carbocycles. The van der Waals surface area contributed by atoms with E-state index in [2.05, 4.69) is 4.74 Å². The van der Waals surface area contributed by atoms with E-state index in [1.165, 1.54) is 7.11 Å². The van der Waals surface area contributed by atoms with Gasteiger partial charge >= 0.3 is 11.9 Å². The average molecular weight is 296 g/mol. The second-order valence-corrected chi connectivity index (χ2v) is 5.46. The van der Waals surface area contributed by atoms with E-state index in [0.29, 0.717) is 11.5 Å². The Balaban J connectivity index is 2.99. The zero-order chi connectivity index (χ0) is 16.0. The zero-order valence-electron chi connectivity index (χ0n) is 12.6. The topological polar surface area (TPSA) is 82.1 Å². The number of ether oxygens (including phenoxy) is 3. The maximum Gasteiger partial charge on any atom is 0.343 e. The number of carbonyl (C=O) groups excluding carboxylic acids is 1. The van der Waals surface area contributed by atoms with Crippen molar-refractivity contribution < 1.29 is 28.9 Å². The van der Waals surface area contributed by atoms with E-state index in [9.17, 15) is 9.59 Å². The van der Waals surface area contributed by atoms with Crippen molar-refractivity contribution in [1.29, 1.82) is 0 Å². The summed E-state index contributed by atoms with van der Waals surface area (Å²) in [5.41, 5.74) is 0.686. The molecule has 21 heavy (non-hydrogen) atoms.